The molecule has 0 spiro atoms. The largest absolute Gasteiger partial charge is 0.756 e. The lowest BCUT2D eigenvalue weighted by Crippen LogP contribution is -2.51. The fourth-order valence-electron chi connectivity index (χ4n) is 4.28. The third kappa shape index (κ3) is 18.5. The fraction of sp³-hybridized carbons (Fsp3) is 1.00. The molecule has 0 fully saturated rings. The maximum Gasteiger partial charge on any atom is 0.265 e. The van der Waals surface area contributed by atoms with Gasteiger partial charge in [-0.15, -0.1) is 0 Å². The lowest BCUT2D eigenvalue weighted by Gasteiger charge is -2.38. The van der Waals surface area contributed by atoms with Crippen molar-refractivity contribution in [3.8, 4) is 0 Å². The molecule has 0 bridgehead atoms. The van der Waals surface area contributed by atoms with E-state index in [1.165, 1.54) is 89.9 Å². The smallest absolute Gasteiger partial charge is 0.265 e. The van der Waals surface area contributed by atoms with Gasteiger partial charge in [0.2, 0.25) is 0 Å². The van der Waals surface area contributed by atoms with E-state index in [-0.39, 0.29) is 6.61 Å². The maximum absolute atomic E-state index is 10.8. The van der Waals surface area contributed by atoms with Crippen LogP contribution in [0.2, 0.25) is 0 Å². The van der Waals surface area contributed by atoms with Crippen LogP contribution in [0.15, 0.2) is 0 Å². The number of nitrogens with zero attached hydrogens (tertiary/aromatic N) is 1. The van der Waals surface area contributed by atoms with Gasteiger partial charge in [0.1, 0.15) is 13.2 Å². The van der Waals surface area contributed by atoms with E-state index in [4.69, 9.17) is 4.89 Å². The Kier molecular flexibility index (Phi) is 18.9. The molecule has 0 aliphatic carbocycles. The molecular weight excluding hydrogens is 385 g/mol. The quantitative estimate of drug-likeness (QED) is 0.125. The van der Waals surface area contributed by atoms with Crippen LogP contribution in [0.5, 0.6) is 0 Å². The number of hydrogen-bond acceptors (Lipinski definition) is 3. The second kappa shape index (κ2) is 18.8. The molecule has 1 N–H and O–H groups in total. The topological polar surface area (TPSA) is 69.6 Å². The first kappa shape index (κ1) is 29.1. The zero-order chi connectivity index (χ0) is 21.8. The van der Waals surface area contributed by atoms with Gasteiger partial charge in [-0.2, -0.15) is 0 Å². The van der Waals surface area contributed by atoms with Crippen molar-refractivity contribution in [1.29, 1.82) is 0 Å². The highest BCUT2D eigenvalue weighted by Gasteiger charge is 2.24. The first-order chi connectivity index (χ1) is 13.9. The van der Waals surface area contributed by atoms with Gasteiger partial charge < -0.3 is 18.8 Å². The zero-order valence-electron chi connectivity index (χ0n) is 19.7. The summed E-state index contributed by atoms with van der Waals surface area (Å²) in [5.41, 5.74) is 0. The van der Waals surface area contributed by atoms with Gasteiger partial charge in [0, 0.05) is 0 Å². The summed E-state index contributed by atoms with van der Waals surface area (Å²) < 4.78 is 16.3. The molecular formula is C23H50NO4P. The second-order valence-electron chi connectivity index (χ2n) is 8.73. The van der Waals surface area contributed by atoms with Crippen molar-refractivity contribution >= 4 is 7.82 Å². The van der Waals surface area contributed by atoms with Gasteiger partial charge in [0.25, 0.3) is 7.82 Å². The standard InChI is InChI=1S/C23H50NO4P/c1-4-7-8-9-10-11-12-13-14-15-16-17-18-19-21-24(6-3,20-5-2)22-23-28-29(25,26)27/h4-23H2,1-3H3,(H-,25,26,27). The minimum absolute atomic E-state index is 0.0731. The highest BCUT2D eigenvalue weighted by atomic mass is 31.2. The Bertz CT molecular complexity index is 402. The molecule has 0 rings (SSSR count). The van der Waals surface area contributed by atoms with Crippen LogP contribution in [0.4, 0.5) is 0 Å². The van der Waals surface area contributed by atoms with Crippen molar-refractivity contribution in [2.24, 2.45) is 0 Å². The lowest BCUT2D eigenvalue weighted by atomic mass is 10.0. The number of unbranched alkanes of at least 4 members (excludes halogenated alkanes) is 13. The molecule has 0 aromatic heterocycles. The normalized spacial score (nSPS) is 15.9. The van der Waals surface area contributed by atoms with Crippen LogP contribution in [0, 0.1) is 0 Å². The summed E-state index contributed by atoms with van der Waals surface area (Å²) in [6.45, 7) is 10.4. The average Bonchev–Trinajstić information content (AvgIpc) is 2.67. The average molecular weight is 436 g/mol. The van der Waals surface area contributed by atoms with E-state index in [2.05, 4.69) is 25.3 Å². The van der Waals surface area contributed by atoms with Crippen molar-refractivity contribution in [2.45, 2.75) is 117 Å². The molecule has 0 saturated heterocycles. The molecule has 0 radical (unpaired) electrons. The molecule has 0 aromatic rings. The van der Waals surface area contributed by atoms with E-state index >= 15 is 0 Å². The summed E-state index contributed by atoms with van der Waals surface area (Å²) in [5.74, 6) is 0. The van der Waals surface area contributed by atoms with Gasteiger partial charge >= 0.3 is 0 Å². The summed E-state index contributed by atoms with van der Waals surface area (Å²) in [4.78, 5) is 19.6. The minimum Gasteiger partial charge on any atom is -0.756 e. The van der Waals surface area contributed by atoms with Crippen LogP contribution >= 0.6 is 7.82 Å². The predicted molar refractivity (Wildman–Crippen MR) is 122 cm³/mol. The van der Waals surface area contributed by atoms with Crippen molar-refractivity contribution < 1.29 is 23.4 Å². The Labute approximate surface area is 181 Å². The van der Waals surface area contributed by atoms with Crippen molar-refractivity contribution in [3.05, 3.63) is 0 Å². The predicted octanol–water partition coefficient (Wildman–Crippen LogP) is 6.19. The van der Waals surface area contributed by atoms with E-state index < -0.39 is 7.82 Å². The third-order valence-electron chi connectivity index (χ3n) is 6.17. The second-order valence-corrected chi connectivity index (χ2v) is 9.92. The molecule has 0 saturated carbocycles. The molecule has 6 heteroatoms. The molecule has 5 nitrogen and oxygen atoms in total. The van der Waals surface area contributed by atoms with Crippen LogP contribution in [0.25, 0.3) is 0 Å². The Balaban J connectivity index is 3.73. The van der Waals surface area contributed by atoms with Gasteiger partial charge in [0.15, 0.2) is 0 Å². The van der Waals surface area contributed by atoms with Crippen LogP contribution < -0.4 is 4.89 Å². The van der Waals surface area contributed by atoms with E-state index in [1.807, 2.05) is 0 Å². The highest BCUT2D eigenvalue weighted by Crippen LogP contribution is 2.30. The summed E-state index contributed by atoms with van der Waals surface area (Å²) in [5, 5.41) is 0. The zero-order valence-corrected chi connectivity index (χ0v) is 20.6. The summed E-state index contributed by atoms with van der Waals surface area (Å²) >= 11 is 0. The van der Waals surface area contributed by atoms with Gasteiger partial charge in [-0.3, -0.25) is 4.57 Å². The van der Waals surface area contributed by atoms with Crippen LogP contribution in [-0.4, -0.2) is 42.2 Å². The summed E-state index contributed by atoms with van der Waals surface area (Å²) in [6, 6.07) is 0. The maximum atomic E-state index is 10.8. The number of quaternary nitrogens is 1. The highest BCUT2D eigenvalue weighted by molar-refractivity contribution is 7.44. The summed E-state index contributed by atoms with van der Waals surface area (Å²) in [6.07, 6.45) is 20.1. The molecule has 0 amide bonds. The van der Waals surface area contributed by atoms with Crippen LogP contribution in [0.3, 0.4) is 0 Å². The molecule has 2 unspecified atom stereocenters. The molecule has 0 aliphatic rings. The van der Waals surface area contributed by atoms with Crippen LogP contribution in [-0.2, 0) is 9.09 Å². The third-order valence-corrected chi connectivity index (χ3v) is 6.68. The van der Waals surface area contributed by atoms with Gasteiger partial charge in [-0.25, -0.2) is 0 Å². The van der Waals surface area contributed by atoms with Gasteiger partial charge in [-0.05, 0) is 26.2 Å². The number of hydrogen-bond donors (Lipinski definition) is 1. The Hall–Kier alpha value is 0.0700. The lowest BCUT2D eigenvalue weighted by molar-refractivity contribution is -0.926. The first-order valence-electron chi connectivity index (χ1n) is 12.4. The van der Waals surface area contributed by atoms with E-state index in [9.17, 15) is 9.46 Å². The Morgan fingerprint density at radius 2 is 1.14 bits per heavy atom. The van der Waals surface area contributed by atoms with Gasteiger partial charge in [-0.1, -0.05) is 90.9 Å². The molecule has 0 heterocycles. The number of likely N-dealkylation sites (N-methyl/N-ethyl adjacent to an activating group) is 1. The van der Waals surface area contributed by atoms with Crippen molar-refractivity contribution in [1.82, 2.24) is 0 Å². The SMILES string of the molecule is CCCCCCCCCCCCCCCC[N+](CC)(CCC)CCOP(=O)([O-])O. The van der Waals surface area contributed by atoms with E-state index in [0.717, 1.165) is 30.5 Å². The van der Waals surface area contributed by atoms with Crippen molar-refractivity contribution in [3.63, 3.8) is 0 Å². The monoisotopic (exact) mass is 435 g/mol. The van der Waals surface area contributed by atoms with Gasteiger partial charge in [0.05, 0.1) is 19.6 Å². The Morgan fingerprint density at radius 1 is 0.690 bits per heavy atom. The van der Waals surface area contributed by atoms with E-state index in [1.54, 1.807) is 0 Å². The molecule has 29 heavy (non-hydrogen) atoms. The van der Waals surface area contributed by atoms with E-state index in [0.29, 0.717) is 6.54 Å². The fourth-order valence-corrected chi connectivity index (χ4v) is 4.59. The molecule has 176 valence electrons. The summed E-state index contributed by atoms with van der Waals surface area (Å²) in [7, 11) is -4.60. The molecule has 0 aliphatic heterocycles. The number of rotatable bonds is 22. The number of phosphoric acid groups is 1. The molecule has 0 aromatic carbocycles. The Morgan fingerprint density at radius 3 is 1.52 bits per heavy atom. The first-order valence-corrected chi connectivity index (χ1v) is 13.9. The number of phosphoric ester groups is 1. The van der Waals surface area contributed by atoms with Crippen molar-refractivity contribution in [2.75, 3.05) is 32.8 Å². The molecule has 2 atom stereocenters. The minimum atomic E-state index is -4.60. The van der Waals surface area contributed by atoms with Crippen LogP contribution in [0.1, 0.15) is 117 Å².